The second-order valence-electron chi connectivity index (χ2n) is 2.04. The van der Waals surface area contributed by atoms with E-state index in [4.69, 9.17) is 5.11 Å². The fourth-order valence-electron chi connectivity index (χ4n) is 0.888. The number of aliphatic hydroxyl groups is 1. The van der Waals surface area contributed by atoms with E-state index in [0.717, 1.165) is 18.7 Å². The highest BCUT2D eigenvalue weighted by atomic mass is 16.2. The minimum Gasteiger partial charge on any atom is -0.514 e. The van der Waals surface area contributed by atoms with Crippen LogP contribution in [0.25, 0.3) is 0 Å². The summed E-state index contributed by atoms with van der Waals surface area (Å²) in [6, 6.07) is 0. The summed E-state index contributed by atoms with van der Waals surface area (Å²) in [5.74, 6) is 0. The van der Waals surface area contributed by atoms with E-state index in [0.29, 0.717) is 0 Å². The van der Waals surface area contributed by atoms with E-state index in [-0.39, 0.29) is 0 Å². The summed E-state index contributed by atoms with van der Waals surface area (Å²) in [7, 11) is 0. The van der Waals surface area contributed by atoms with Crippen molar-refractivity contribution in [3.63, 3.8) is 0 Å². The van der Waals surface area contributed by atoms with Crippen molar-refractivity contribution in [3.05, 3.63) is 12.0 Å². The molecule has 2 heteroatoms. The Morgan fingerprint density at radius 3 is 2.75 bits per heavy atom. The average molecular weight is 113 g/mol. The quantitative estimate of drug-likeness (QED) is 0.462. The average Bonchev–Trinajstić information content (AvgIpc) is 1.90. The van der Waals surface area contributed by atoms with Gasteiger partial charge in [-0.15, -0.1) is 0 Å². The smallest absolute Gasteiger partial charge is 0.0980 e. The lowest BCUT2D eigenvalue weighted by Crippen LogP contribution is -2.19. The Kier molecular flexibility index (Phi) is 1.78. The lowest BCUT2D eigenvalue weighted by Gasteiger charge is -2.14. The second-order valence-corrected chi connectivity index (χ2v) is 2.04. The van der Waals surface area contributed by atoms with E-state index >= 15 is 0 Å². The molecule has 0 radical (unpaired) electrons. The maximum Gasteiger partial charge on any atom is 0.0980 e. The molecular formula is C6H11NO. The maximum atomic E-state index is 8.47. The number of hydrogen-bond acceptors (Lipinski definition) is 2. The lowest BCUT2D eigenvalue weighted by molar-refractivity contribution is 0.445. The number of piperidine rings is 1. The van der Waals surface area contributed by atoms with Gasteiger partial charge < -0.3 is 10.4 Å². The highest BCUT2D eigenvalue weighted by Crippen LogP contribution is 2.08. The highest BCUT2D eigenvalue weighted by Gasteiger charge is 2.01. The molecule has 0 aliphatic carbocycles. The summed E-state index contributed by atoms with van der Waals surface area (Å²) >= 11 is 0. The Hall–Kier alpha value is -0.660. The van der Waals surface area contributed by atoms with Gasteiger partial charge in [-0.3, -0.25) is 0 Å². The zero-order valence-corrected chi connectivity index (χ0v) is 4.85. The van der Waals surface area contributed by atoms with Crippen molar-refractivity contribution < 1.29 is 5.11 Å². The molecule has 0 atom stereocenters. The summed E-state index contributed by atoms with van der Waals surface area (Å²) in [6.07, 6.45) is 4.62. The van der Waals surface area contributed by atoms with Crippen molar-refractivity contribution in [2.45, 2.75) is 19.3 Å². The Morgan fingerprint density at radius 1 is 1.50 bits per heavy atom. The predicted octanol–water partition coefficient (Wildman–Crippen LogP) is 1.16. The van der Waals surface area contributed by atoms with Crippen molar-refractivity contribution in [1.29, 1.82) is 0 Å². The number of hydrogen-bond donors (Lipinski definition) is 2. The summed E-state index contributed by atoms with van der Waals surface area (Å²) in [5.41, 5.74) is 0.983. The molecule has 46 valence electrons. The second kappa shape index (κ2) is 2.60. The molecule has 1 heterocycles. The Bertz CT molecular complexity index is 90.7. The topological polar surface area (TPSA) is 32.3 Å². The molecule has 0 unspecified atom stereocenters. The Balaban J connectivity index is 2.33. The predicted molar refractivity (Wildman–Crippen MR) is 32.6 cm³/mol. The highest BCUT2D eigenvalue weighted by molar-refractivity contribution is 4.96. The van der Waals surface area contributed by atoms with Crippen LogP contribution in [0.2, 0.25) is 0 Å². The first-order chi connectivity index (χ1) is 3.93. The first kappa shape index (κ1) is 5.48. The van der Waals surface area contributed by atoms with Crippen molar-refractivity contribution in [2.24, 2.45) is 0 Å². The van der Waals surface area contributed by atoms with Crippen LogP contribution in [0.1, 0.15) is 19.3 Å². The third kappa shape index (κ3) is 1.15. The van der Waals surface area contributed by atoms with Crippen LogP contribution in [0.5, 0.6) is 0 Å². The van der Waals surface area contributed by atoms with E-state index in [1.54, 1.807) is 0 Å². The van der Waals surface area contributed by atoms with E-state index < -0.39 is 0 Å². The molecule has 0 aromatic heterocycles. The van der Waals surface area contributed by atoms with Gasteiger partial charge in [-0.25, -0.2) is 0 Å². The zero-order valence-electron chi connectivity index (χ0n) is 4.85. The minimum absolute atomic E-state index is 0.983. The molecule has 8 heavy (non-hydrogen) atoms. The van der Waals surface area contributed by atoms with Crippen LogP contribution in [-0.2, 0) is 0 Å². The lowest BCUT2D eigenvalue weighted by atomic mass is 10.1. The molecule has 2 N–H and O–H groups in total. The van der Waals surface area contributed by atoms with Gasteiger partial charge in [0.1, 0.15) is 0 Å². The number of allylic oxidation sites excluding steroid dienone is 1. The molecule has 1 fully saturated rings. The van der Waals surface area contributed by atoms with Gasteiger partial charge >= 0.3 is 0 Å². The molecule has 0 amide bonds. The SMILES string of the molecule is O/C=C1/CCCCN1. The van der Waals surface area contributed by atoms with E-state index in [2.05, 4.69) is 5.32 Å². The van der Waals surface area contributed by atoms with Gasteiger partial charge in [-0.2, -0.15) is 0 Å². The molecule has 2 nitrogen and oxygen atoms in total. The van der Waals surface area contributed by atoms with Gasteiger partial charge in [0.25, 0.3) is 0 Å². The number of aliphatic hydroxyl groups excluding tert-OH is 1. The van der Waals surface area contributed by atoms with E-state index in [1.165, 1.54) is 19.1 Å². The normalized spacial score (nSPS) is 25.2. The fraction of sp³-hybridized carbons (Fsp3) is 0.667. The molecule has 1 rings (SSSR count). The zero-order chi connectivity index (χ0) is 5.82. The van der Waals surface area contributed by atoms with Crippen molar-refractivity contribution in [1.82, 2.24) is 5.32 Å². The van der Waals surface area contributed by atoms with Crippen molar-refractivity contribution >= 4 is 0 Å². The third-order valence-corrected chi connectivity index (χ3v) is 1.38. The molecule has 0 aromatic carbocycles. The molecular weight excluding hydrogens is 102 g/mol. The minimum atomic E-state index is 0.983. The molecule has 1 saturated heterocycles. The maximum absolute atomic E-state index is 8.47. The molecule has 0 bridgehead atoms. The number of nitrogens with one attached hydrogen (secondary N) is 1. The molecule has 1 aliphatic rings. The molecule has 0 saturated carbocycles. The van der Waals surface area contributed by atoms with Crippen LogP contribution in [0.15, 0.2) is 12.0 Å². The van der Waals surface area contributed by atoms with E-state index in [9.17, 15) is 0 Å². The van der Waals surface area contributed by atoms with Gasteiger partial charge in [0.2, 0.25) is 0 Å². The first-order valence-electron chi connectivity index (χ1n) is 3.00. The van der Waals surface area contributed by atoms with Crippen molar-refractivity contribution in [3.8, 4) is 0 Å². The van der Waals surface area contributed by atoms with E-state index in [1.807, 2.05) is 0 Å². The van der Waals surface area contributed by atoms with Gasteiger partial charge in [-0.05, 0) is 19.3 Å². The third-order valence-electron chi connectivity index (χ3n) is 1.38. The molecule has 0 aromatic rings. The van der Waals surface area contributed by atoms with Crippen molar-refractivity contribution in [2.75, 3.05) is 6.54 Å². The Labute approximate surface area is 49.2 Å². The summed E-state index contributed by atoms with van der Waals surface area (Å²) in [5, 5.41) is 11.5. The first-order valence-corrected chi connectivity index (χ1v) is 3.00. The molecule has 0 spiro atoms. The Morgan fingerprint density at radius 2 is 2.38 bits per heavy atom. The summed E-state index contributed by atoms with van der Waals surface area (Å²) in [4.78, 5) is 0. The summed E-state index contributed by atoms with van der Waals surface area (Å²) < 4.78 is 0. The standard InChI is InChI=1S/C6H11NO/c8-5-6-3-1-2-4-7-6/h5,7-8H,1-4H2/b6-5-. The molecule has 1 aliphatic heterocycles. The number of rotatable bonds is 0. The van der Waals surface area contributed by atoms with Gasteiger partial charge in [0, 0.05) is 12.2 Å². The monoisotopic (exact) mass is 113 g/mol. The van der Waals surface area contributed by atoms with Gasteiger partial charge in [0.15, 0.2) is 0 Å². The van der Waals surface area contributed by atoms with Crippen LogP contribution >= 0.6 is 0 Å². The fourth-order valence-corrected chi connectivity index (χ4v) is 0.888. The largest absolute Gasteiger partial charge is 0.514 e. The van der Waals surface area contributed by atoms with Crippen LogP contribution < -0.4 is 5.32 Å². The van der Waals surface area contributed by atoms with Crippen LogP contribution in [-0.4, -0.2) is 11.7 Å². The van der Waals surface area contributed by atoms with Gasteiger partial charge in [-0.1, -0.05) is 0 Å². The van der Waals surface area contributed by atoms with Crippen LogP contribution in [0.4, 0.5) is 0 Å². The van der Waals surface area contributed by atoms with Crippen LogP contribution in [0.3, 0.4) is 0 Å². The van der Waals surface area contributed by atoms with Gasteiger partial charge in [0.05, 0.1) is 6.26 Å². The van der Waals surface area contributed by atoms with Crippen LogP contribution in [0, 0.1) is 0 Å². The summed E-state index contributed by atoms with van der Waals surface area (Å²) in [6.45, 7) is 1.02.